The molecule has 0 bridgehead atoms. The van der Waals surface area contributed by atoms with Crippen LogP contribution >= 0.6 is 0 Å². The largest absolute Gasteiger partial charge is 0.507 e. The van der Waals surface area contributed by atoms with Gasteiger partial charge in [-0.2, -0.15) is 0 Å². The van der Waals surface area contributed by atoms with E-state index in [0.717, 1.165) is 10.5 Å². The number of nitrogens with zero attached hydrogens (tertiary/aromatic N) is 1. The van der Waals surface area contributed by atoms with E-state index in [9.17, 15) is 19.1 Å². The molecule has 1 fully saturated rings. The van der Waals surface area contributed by atoms with Gasteiger partial charge < -0.3 is 10.0 Å². The molecule has 1 heterocycles. The summed E-state index contributed by atoms with van der Waals surface area (Å²) in [5.74, 6) is -2.42. The lowest BCUT2D eigenvalue weighted by molar-refractivity contribution is -0.139. The van der Waals surface area contributed by atoms with Crippen molar-refractivity contribution in [2.75, 3.05) is 7.05 Å². The molecule has 0 aliphatic carbocycles. The topological polar surface area (TPSA) is 57.6 Å². The normalized spacial score (nSPS) is 19.8. The molecule has 1 amide bonds. The van der Waals surface area contributed by atoms with E-state index in [-0.39, 0.29) is 16.9 Å². The average molecular weight is 325 g/mol. The SMILES string of the molecule is Cc1ccc(C(O)=C2C(=O)C(=O)N(C)[C@@H]2c2ccccc2F)cc1. The fraction of sp³-hybridized carbons (Fsp3) is 0.158. The number of carbonyl (C=O) groups is 2. The Kier molecular flexibility index (Phi) is 3.93. The molecule has 122 valence electrons. The maximum absolute atomic E-state index is 14.2. The summed E-state index contributed by atoms with van der Waals surface area (Å²) >= 11 is 0. The summed E-state index contributed by atoms with van der Waals surface area (Å²) in [5, 5.41) is 10.6. The average Bonchev–Trinajstić information content (AvgIpc) is 2.79. The number of ketones is 1. The Hall–Kier alpha value is -2.95. The first-order chi connectivity index (χ1) is 11.4. The molecule has 2 aromatic carbocycles. The van der Waals surface area contributed by atoms with Crippen molar-refractivity contribution in [3.8, 4) is 0 Å². The molecule has 1 saturated heterocycles. The third-order valence-corrected chi connectivity index (χ3v) is 4.20. The fourth-order valence-electron chi connectivity index (χ4n) is 2.88. The molecule has 3 rings (SSSR count). The summed E-state index contributed by atoms with van der Waals surface area (Å²) in [6.07, 6.45) is 0. The second-order valence-corrected chi connectivity index (χ2v) is 5.80. The minimum atomic E-state index is -0.951. The molecule has 0 spiro atoms. The summed E-state index contributed by atoms with van der Waals surface area (Å²) < 4.78 is 14.2. The van der Waals surface area contributed by atoms with Gasteiger partial charge in [0.25, 0.3) is 11.7 Å². The number of amides is 1. The Bertz CT molecular complexity index is 855. The number of rotatable bonds is 2. The van der Waals surface area contributed by atoms with Gasteiger partial charge in [-0.25, -0.2) is 4.39 Å². The Morgan fingerprint density at radius 1 is 1.08 bits per heavy atom. The van der Waals surface area contributed by atoms with Crippen molar-refractivity contribution in [3.63, 3.8) is 0 Å². The molecular weight excluding hydrogens is 309 g/mol. The van der Waals surface area contributed by atoms with Crippen molar-refractivity contribution < 1.29 is 19.1 Å². The van der Waals surface area contributed by atoms with Crippen molar-refractivity contribution >= 4 is 17.4 Å². The number of aliphatic hydroxyl groups excluding tert-OH is 1. The minimum absolute atomic E-state index is 0.101. The van der Waals surface area contributed by atoms with E-state index in [2.05, 4.69) is 0 Å². The van der Waals surface area contributed by atoms with E-state index in [1.807, 2.05) is 6.92 Å². The lowest BCUT2D eigenvalue weighted by Crippen LogP contribution is -2.25. The fourth-order valence-corrected chi connectivity index (χ4v) is 2.88. The number of likely N-dealkylation sites (tertiary alicyclic amines) is 1. The summed E-state index contributed by atoms with van der Waals surface area (Å²) in [4.78, 5) is 25.6. The number of aryl methyl sites for hydroxylation is 1. The van der Waals surface area contributed by atoms with Crippen LogP contribution in [0.15, 0.2) is 54.1 Å². The second kappa shape index (κ2) is 5.92. The van der Waals surface area contributed by atoms with Crippen LogP contribution in [0.4, 0.5) is 4.39 Å². The highest BCUT2D eigenvalue weighted by atomic mass is 19.1. The third-order valence-electron chi connectivity index (χ3n) is 4.20. The van der Waals surface area contributed by atoms with E-state index >= 15 is 0 Å². The van der Waals surface area contributed by atoms with Crippen LogP contribution in [0, 0.1) is 12.7 Å². The molecule has 0 aromatic heterocycles. The first-order valence-corrected chi connectivity index (χ1v) is 7.48. The number of Topliss-reactive ketones (excluding diaryl/α,β-unsaturated/α-hetero) is 1. The van der Waals surface area contributed by atoms with Gasteiger partial charge in [0, 0.05) is 18.2 Å². The molecule has 1 atom stereocenters. The molecule has 2 aromatic rings. The molecular formula is C19H16FNO3. The number of likely N-dealkylation sites (N-methyl/N-ethyl adjacent to an activating group) is 1. The summed E-state index contributed by atoms with van der Waals surface area (Å²) in [7, 11) is 1.42. The predicted molar refractivity (Wildman–Crippen MR) is 87.6 cm³/mol. The van der Waals surface area contributed by atoms with E-state index in [0.29, 0.717) is 5.56 Å². The van der Waals surface area contributed by atoms with Gasteiger partial charge in [-0.15, -0.1) is 0 Å². The molecule has 0 radical (unpaired) electrons. The Balaban J connectivity index is 2.20. The van der Waals surface area contributed by atoms with E-state index in [1.54, 1.807) is 30.3 Å². The standard InChI is InChI=1S/C19H16FNO3/c1-11-7-9-12(10-8-11)17(22)15-16(21(2)19(24)18(15)23)13-5-3-4-6-14(13)20/h3-10,16,22H,1-2H3/t16-/m1/s1. The summed E-state index contributed by atoms with van der Waals surface area (Å²) in [6, 6.07) is 11.9. The Labute approximate surface area is 138 Å². The van der Waals surface area contributed by atoms with Gasteiger partial charge >= 0.3 is 0 Å². The Morgan fingerprint density at radius 3 is 2.33 bits per heavy atom. The van der Waals surface area contributed by atoms with E-state index in [4.69, 9.17) is 0 Å². The molecule has 0 saturated carbocycles. The molecule has 1 aliphatic heterocycles. The monoisotopic (exact) mass is 325 g/mol. The first kappa shape index (κ1) is 15.9. The van der Waals surface area contributed by atoms with Crippen LogP contribution < -0.4 is 0 Å². The zero-order valence-corrected chi connectivity index (χ0v) is 13.3. The number of benzene rings is 2. The van der Waals surface area contributed by atoms with Gasteiger partial charge in [0.15, 0.2) is 0 Å². The number of carbonyl (C=O) groups excluding carboxylic acids is 2. The number of aliphatic hydroxyl groups is 1. The number of hydrogen-bond donors (Lipinski definition) is 1. The smallest absolute Gasteiger partial charge is 0.295 e. The zero-order chi connectivity index (χ0) is 17.4. The summed E-state index contributed by atoms with van der Waals surface area (Å²) in [6.45, 7) is 1.90. The van der Waals surface area contributed by atoms with Crippen molar-refractivity contribution in [2.24, 2.45) is 0 Å². The van der Waals surface area contributed by atoms with Gasteiger partial charge in [0.1, 0.15) is 11.6 Å². The molecule has 1 N–H and O–H groups in total. The quantitative estimate of drug-likeness (QED) is 0.524. The summed E-state index contributed by atoms with van der Waals surface area (Å²) in [5.41, 5.74) is 1.48. The van der Waals surface area contributed by atoms with Gasteiger partial charge in [0.2, 0.25) is 0 Å². The van der Waals surface area contributed by atoms with Gasteiger partial charge in [0.05, 0.1) is 11.6 Å². The van der Waals surface area contributed by atoms with Crippen molar-refractivity contribution in [3.05, 3.63) is 76.6 Å². The second-order valence-electron chi connectivity index (χ2n) is 5.80. The van der Waals surface area contributed by atoms with E-state index < -0.39 is 23.5 Å². The van der Waals surface area contributed by atoms with Crippen LogP contribution in [-0.2, 0) is 9.59 Å². The predicted octanol–water partition coefficient (Wildman–Crippen LogP) is 3.19. The highest BCUT2D eigenvalue weighted by Crippen LogP contribution is 2.39. The van der Waals surface area contributed by atoms with Crippen LogP contribution in [0.25, 0.3) is 5.76 Å². The van der Waals surface area contributed by atoms with Gasteiger partial charge in [-0.1, -0.05) is 48.0 Å². The van der Waals surface area contributed by atoms with Crippen LogP contribution in [0.2, 0.25) is 0 Å². The van der Waals surface area contributed by atoms with Gasteiger partial charge in [-0.3, -0.25) is 9.59 Å². The van der Waals surface area contributed by atoms with Crippen LogP contribution in [0.5, 0.6) is 0 Å². The molecule has 24 heavy (non-hydrogen) atoms. The third kappa shape index (κ3) is 2.48. The van der Waals surface area contributed by atoms with Crippen LogP contribution in [-0.4, -0.2) is 28.7 Å². The molecule has 5 heteroatoms. The zero-order valence-electron chi connectivity index (χ0n) is 13.3. The van der Waals surface area contributed by atoms with E-state index in [1.165, 1.54) is 25.2 Å². The molecule has 4 nitrogen and oxygen atoms in total. The van der Waals surface area contributed by atoms with Crippen molar-refractivity contribution in [1.82, 2.24) is 4.90 Å². The lowest BCUT2D eigenvalue weighted by Gasteiger charge is -2.21. The van der Waals surface area contributed by atoms with Gasteiger partial charge in [-0.05, 0) is 13.0 Å². The highest BCUT2D eigenvalue weighted by Gasteiger charge is 2.45. The lowest BCUT2D eigenvalue weighted by atomic mass is 9.95. The van der Waals surface area contributed by atoms with Crippen molar-refractivity contribution in [1.29, 1.82) is 0 Å². The highest BCUT2D eigenvalue weighted by molar-refractivity contribution is 6.46. The first-order valence-electron chi connectivity index (χ1n) is 7.48. The minimum Gasteiger partial charge on any atom is -0.507 e. The molecule has 0 unspecified atom stereocenters. The number of halogens is 1. The van der Waals surface area contributed by atoms with Crippen molar-refractivity contribution in [2.45, 2.75) is 13.0 Å². The maximum atomic E-state index is 14.2. The van der Waals surface area contributed by atoms with Crippen LogP contribution in [0.1, 0.15) is 22.7 Å². The molecule has 1 aliphatic rings. The maximum Gasteiger partial charge on any atom is 0.295 e. The number of hydrogen-bond acceptors (Lipinski definition) is 3. The Morgan fingerprint density at radius 2 is 1.71 bits per heavy atom. The van der Waals surface area contributed by atoms with Crippen LogP contribution in [0.3, 0.4) is 0 Å².